The molecule has 3 aromatic heterocycles. The molecule has 0 unspecified atom stereocenters. The minimum Gasteiger partial charge on any atom is -0.324 e. The van der Waals surface area contributed by atoms with E-state index in [0.29, 0.717) is 28.3 Å². The first-order valence-corrected chi connectivity index (χ1v) is 10.9. The fourth-order valence-corrected chi connectivity index (χ4v) is 3.45. The van der Waals surface area contributed by atoms with Gasteiger partial charge in [0.1, 0.15) is 1.37 Å². The number of anilines is 3. The van der Waals surface area contributed by atoms with E-state index in [1.165, 1.54) is 4.57 Å². The van der Waals surface area contributed by atoms with Crippen LogP contribution in [0.25, 0.3) is 16.9 Å². The van der Waals surface area contributed by atoms with Gasteiger partial charge in [0.05, 0.1) is 27.3 Å². The molecule has 0 saturated heterocycles. The summed E-state index contributed by atoms with van der Waals surface area (Å²) in [6.07, 6.45) is -1.59. The number of amides is 1. The number of carbonyl (C=O) groups excluding carboxylic acids is 1. The molecule has 2 aromatic carbocycles. The second-order valence-corrected chi connectivity index (χ2v) is 8.00. The Hall–Kier alpha value is -4.85. The number of benzene rings is 2. The average Bonchev–Trinajstić information content (AvgIpc) is 3.21. The molecule has 8 heteroatoms. The van der Waals surface area contributed by atoms with Crippen LogP contribution in [0, 0.1) is 20.8 Å². The third kappa shape index (κ3) is 5.12. The van der Waals surface area contributed by atoms with Gasteiger partial charge in [0.25, 0.3) is 5.91 Å². The maximum atomic E-state index is 13.3. The highest BCUT2D eigenvalue weighted by atomic mass is 16.1. The molecule has 2 N–H and O–H groups in total. The quantitative estimate of drug-likeness (QED) is 0.324. The molecule has 0 aliphatic carbocycles. The number of hydrogen-bond acceptors (Lipinski definition) is 6. The van der Waals surface area contributed by atoms with Gasteiger partial charge >= 0.3 is 0 Å². The van der Waals surface area contributed by atoms with Gasteiger partial charge in [0.15, 0.2) is 0 Å². The largest absolute Gasteiger partial charge is 0.324 e. The van der Waals surface area contributed by atoms with E-state index >= 15 is 0 Å². The van der Waals surface area contributed by atoms with Crippen molar-refractivity contribution in [2.45, 2.75) is 20.8 Å². The van der Waals surface area contributed by atoms with Crippen LogP contribution in [-0.2, 0) is 0 Å². The molecule has 0 spiro atoms. The standard InChI is InChI=1S/C28H25N7O/c1-18-11-23(14-24(12-18)35-16-20(3)31-17-35)32-27(36)21-7-6-19(2)26(13-21)34-28-30-10-8-25(33-28)22-5-4-9-29-15-22/h4-17H,1-3H3,(H,32,36)(H,30,33,34)/i4D,5D,8D,9D,10D,15D,16D,17D. The Morgan fingerprint density at radius 1 is 1.03 bits per heavy atom. The molecule has 5 aromatic rings. The predicted molar refractivity (Wildman–Crippen MR) is 141 cm³/mol. The van der Waals surface area contributed by atoms with Crippen LogP contribution in [0.1, 0.15) is 38.1 Å². The summed E-state index contributed by atoms with van der Waals surface area (Å²) in [5, 5.41) is 5.79. The lowest BCUT2D eigenvalue weighted by Gasteiger charge is -2.13. The maximum absolute atomic E-state index is 13.3. The summed E-state index contributed by atoms with van der Waals surface area (Å²) in [4.78, 5) is 29.2. The Bertz CT molecular complexity index is 1980. The highest BCUT2D eigenvalue weighted by Gasteiger charge is 2.12. The molecule has 0 saturated carbocycles. The normalized spacial score (nSPS) is 13.9. The van der Waals surface area contributed by atoms with Crippen molar-refractivity contribution in [1.29, 1.82) is 0 Å². The molecular weight excluding hydrogens is 450 g/mol. The average molecular weight is 484 g/mol. The maximum Gasteiger partial charge on any atom is 0.255 e. The smallest absolute Gasteiger partial charge is 0.255 e. The number of hydrogen-bond donors (Lipinski definition) is 2. The fraction of sp³-hybridized carbons (Fsp3) is 0.107. The highest BCUT2D eigenvalue weighted by molar-refractivity contribution is 6.05. The summed E-state index contributed by atoms with van der Waals surface area (Å²) in [5.41, 5.74) is 3.01. The fourth-order valence-electron chi connectivity index (χ4n) is 3.45. The summed E-state index contributed by atoms with van der Waals surface area (Å²) in [7, 11) is 0. The summed E-state index contributed by atoms with van der Waals surface area (Å²) in [5.74, 6) is -0.589. The molecule has 3 heterocycles. The number of rotatable bonds is 6. The van der Waals surface area contributed by atoms with E-state index in [4.69, 9.17) is 11.0 Å². The number of nitrogens with one attached hydrogen (secondary N) is 2. The van der Waals surface area contributed by atoms with E-state index in [2.05, 4.69) is 30.6 Å². The molecule has 178 valence electrons. The van der Waals surface area contributed by atoms with E-state index < -0.39 is 42.6 Å². The molecular formula is C28H25N7O. The number of carbonyl (C=O) groups is 1. The second-order valence-electron chi connectivity index (χ2n) is 8.00. The van der Waals surface area contributed by atoms with Crippen molar-refractivity contribution < 1.29 is 15.8 Å². The van der Waals surface area contributed by atoms with Gasteiger partial charge in [-0.05, 0) is 80.4 Å². The monoisotopic (exact) mass is 483 g/mol. The molecule has 0 radical (unpaired) electrons. The molecule has 36 heavy (non-hydrogen) atoms. The van der Waals surface area contributed by atoms with E-state index in [-0.39, 0.29) is 35.2 Å². The second kappa shape index (κ2) is 9.79. The minimum atomic E-state index is -0.555. The number of aryl methyl sites for hydroxylation is 3. The van der Waals surface area contributed by atoms with Crippen molar-refractivity contribution in [2.24, 2.45) is 0 Å². The van der Waals surface area contributed by atoms with Gasteiger partial charge in [-0.1, -0.05) is 6.07 Å². The summed E-state index contributed by atoms with van der Waals surface area (Å²) >= 11 is 0. The molecule has 8 nitrogen and oxygen atoms in total. The lowest BCUT2D eigenvalue weighted by Crippen LogP contribution is -2.13. The Labute approximate surface area is 220 Å². The predicted octanol–water partition coefficient (Wildman–Crippen LogP) is 5.65. The topological polar surface area (TPSA) is 97.6 Å². The van der Waals surface area contributed by atoms with Crippen molar-refractivity contribution in [3.05, 3.63) is 108 Å². The van der Waals surface area contributed by atoms with E-state index in [1.54, 1.807) is 50.2 Å². The Morgan fingerprint density at radius 3 is 2.75 bits per heavy atom. The first-order valence-electron chi connectivity index (χ1n) is 14.9. The van der Waals surface area contributed by atoms with Gasteiger partial charge in [-0.25, -0.2) is 15.0 Å². The van der Waals surface area contributed by atoms with Crippen molar-refractivity contribution >= 4 is 23.2 Å². The number of aromatic nitrogens is 5. The van der Waals surface area contributed by atoms with Crippen LogP contribution in [0.15, 0.2) is 85.5 Å². The van der Waals surface area contributed by atoms with Gasteiger partial charge in [-0.2, -0.15) is 0 Å². The van der Waals surface area contributed by atoms with E-state index in [9.17, 15) is 4.79 Å². The SMILES string of the molecule is [2H]c1nc(Nc2cc(C(=O)Nc3cc(C)cc(-n4c([2H])nc(C)c4[2H])c3)ccc2C)nc(-c2c([2H])nc([2H])c([2H])c2[2H])c1[2H]. The van der Waals surface area contributed by atoms with Gasteiger partial charge in [-0.3, -0.25) is 9.78 Å². The number of pyridine rings is 1. The van der Waals surface area contributed by atoms with Gasteiger partial charge < -0.3 is 15.2 Å². The Morgan fingerprint density at radius 2 is 1.92 bits per heavy atom. The summed E-state index contributed by atoms with van der Waals surface area (Å²) in [6, 6.07) is 8.53. The first-order chi connectivity index (χ1) is 20.7. The van der Waals surface area contributed by atoms with Gasteiger partial charge in [-0.15, -0.1) is 0 Å². The molecule has 1 amide bonds. The number of imidazole rings is 1. The summed E-state index contributed by atoms with van der Waals surface area (Å²) < 4.78 is 66.0. The Balaban J connectivity index is 1.46. The van der Waals surface area contributed by atoms with Gasteiger partial charge in [0, 0.05) is 52.9 Å². The van der Waals surface area contributed by atoms with Crippen molar-refractivity contribution in [2.75, 3.05) is 10.6 Å². The van der Waals surface area contributed by atoms with Crippen LogP contribution in [0.4, 0.5) is 17.3 Å². The first kappa shape index (κ1) is 15.2. The number of nitrogens with zero attached hydrogens (tertiary/aromatic N) is 5. The molecule has 0 fully saturated rings. The van der Waals surface area contributed by atoms with Crippen molar-refractivity contribution in [3.63, 3.8) is 0 Å². The zero-order valence-electron chi connectivity index (χ0n) is 27.6. The molecule has 0 aliphatic rings. The third-order valence-corrected chi connectivity index (χ3v) is 5.17. The van der Waals surface area contributed by atoms with E-state index in [1.807, 2.05) is 6.92 Å². The third-order valence-electron chi connectivity index (χ3n) is 5.17. The lowest BCUT2D eigenvalue weighted by molar-refractivity contribution is 0.102. The van der Waals surface area contributed by atoms with Crippen molar-refractivity contribution in [1.82, 2.24) is 24.5 Å². The Kier molecular flexibility index (Phi) is 4.14. The minimum absolute atomic E-state index is 0.0782. The zero-order chi connectivity index (χ0) is 32.0. The van der Waals surface area contributed by atoms with Crippen molar-refractivity contribution in [3.8, 4) is 16.9 Å². The van der Waals surface area contributed by atoms with Crippen LogP contribution in [-0.4, -0.2) is 30.4 Å². The van der Waals surface area contributed by atoms with E-state index in [0.717, 1.165) is 5.56 Å². The molecule has 0 atom stereocenters. The van der Waals surface area contributed by atoms with Crippen LogP contribution in [0.5, 0.6) is 0 Å². The van der Waals surface area contributed by atoms with Crippen LogP contribution in [0.2, 0.25) is 0 Å². The van der Waals surface area contributed by atoms with Crippen LogP contribution >= 0.6 is 0 Å². The molecule has 5 rings (SSSR count). The van der Waals surface area contributed by atoms with Gasteiger partial charge in [0.2, 0.25) is 5.95 Å². The highest BCUT2D eigenvalue weighted by Crippen LogP contribution is 2.24. The summed E-state index contributed by atoms with van der Waals surface area (Å²) in [6.45, 7) is 5.25. The lowest BCUT2D eigenvalue weighted by atomic mass is 10.1. The molecule has 0 bridgehead atoms. The molecule has 0 aliphatic heterocycles. The van der Waals surface area contributed by atoms with Crippen LogP contribution < -0.4 is 10.6 Å². The van der Waals surface area contributed by atoms with Crippen LogP contribution in [0.3, 0.4) is 0 Å². The zero-order valence-corrected chi connectivity index (χ0v) is 19.6.